The lowest BCUT2D eigenvalue weighted by atomic mass is 10.3. The number of carbonyl (C=O) groups is 1. The van der Waals surface area contributed by atoms with Crippen LogP contribution in [-0.2, 0) is 10.5 Å². The van der Waals surface area contributed by atoms with Gasteiger partial charge in [-0.1, -0.05) is 41.9 Å². The first kappa shape index (κ1) is 17.0. The van der Waals surface area contributed by atoms with Crippen molar-refractivity contribution in [3.63, 3.8) is 0 Å². The first-order valence-electron chi connectivity index (χ1n) is 7.32. The van der Waals surface area contributed by atoms with Gasteiger partial charge in [0.25, 0.3) is 0 Å². The number of benzene rings is 2. The molecule has 0 radical (unpaired) electrons. The number of aromatic nitrogens is 1. The van der Waals surface area contributed by atoms with Crippen LogP contribution in [0.3, 0.4) is 0 Å². The summed E-state index contributed by atoms with van der Waals surface area (Å²) in [6.45, 7) is 1.55. The molecule has 0 N–H and O–H groups in total. The first-order valence-corrected chi connectivity index (χ1v) is 9.57. The lowest BCUT2D eigenvalue weighted by Gasteiger charge is -2.17. The van der Waals surface area contributed by atoms with E-state index in [0.717, 1.165) is 21.3 Å². The monoisotopic (exact) mass is 374 g/mol. The summed E-state index contributed by atoms with van der Waals surface area (Å²) in [6.07, 6.45) is 0. The summed E-state index contributed by atoms with van der Waals surface area (Å²) in [5.41, 5.74) is 1.76. The molecule has 0 unspecified atom stereocenters. The van der Waals surface area contributed by atoms with Crippen molar-refractivity contribution >= 4 is 51.4 Å². The van der Waals surface area contributed by atoms with Gasteiger partial charge in [-0.2, -0.15) is 0 Å². The zero-order valence-electron chi connectivity index (χ0n) is 13.0. The molecule has 0 saturated carbocycles. The maximum absolute atomic E-state index is 12.0. The summed E-state index contributed by atoms with van der Waals surface area (Å²) in [5.74, 6) is 0.654. The zero-order chi connectivity index (χ0) is 16.9. The Morgan fingerprint density at radius 2 is 1.88 bits per heavy atom. The molecule has 3 nitrogen and oxygen atoms in total. The largest absolute Gasteiger partial charge is 0.274 e. The molecule has 3 aromatic rings. The summed E-state index contributed by atoms with van der Waals surface area (Å²) in [4.78, 5) is 19.3. The second-order valence-electron chi connectivity index (χ2n) is 5.03. The lowest BCUT2D eigenvalue weighted by molar-refractivity contribution is -0.115. The van der Waals surface area contributed by atoms with Gasteiger partial charge in [-0.3, -0.25) is 9.69 Å². The molecule has 0 aliphatic heterocycles. The number of anilines is 2. The van der Waals surface area contributed by atoms with E-state index in [9.17, 15) is 4.79 Å². The van der Waals surface area contributed by atoms with Gasteiger partial charge in [0.2, 0.25) is 5.91 Å². The van der Waals surface area contributed by atoms with Crippen molar-refractivity contribution in [2.45, 2.75) is 17.6 Å². The number of halogens is 1. The molecular weight excluding hydrogens is 360 g/mol. The van der Waals surface area contributed by atoms with Crippen LogP contribution in [0.4, 0.5) is 10.8 Å². The van der Waals surface area contributed by atoms with Gasteiger partial charge in [0.1, 0.15) is 0 Å². The summed E-state index contributed by atoms with van der Waals surface area (Å²) in [6, 6.07) is 17.3. The number of thioether (sulfide) groups is 1. The standard InChI is InChI=1S/C18H15ClN2OS2/c1-13(22)21(15-7-3-2-4-8-15)18-20-14(12-24-18)11-23-17-10-6-5-9-16(17)19/h2-10,12H,11H2,1H3. The van der Waals surface area contributed by atoms with Crippen LogP contribution in [0.2, 0.25) is 5.02 Å². The summed E-state index contributed by atoms with van der Waals surface area (Å²) in [7, 11) is 0. The number of para-hydroxylation sites is 1. The third-order valence-electron chi connectivity index (χ3n) is 3.27. The SMILES string of the molecule is CC(=O)N(c1ccccc1)c1nc(CSc2ccccc2Cl)cs1. The van der Waals surface area contributed by atoms with Crippen LogP contribution in [-0.4, -0.2) is 10.9 Å². The molecule has 2 aromatic carbocycles. The van der Waals surface area contributed by atoms with E-state index in [4.69, 9.17) is 11.6 Å². The second-order valence-corrected chi connectivity index (χ2v) is 7.29. The van der Waals surface area contributed by atoms with Crippen molar-refractivity contribution in [2.24, 2.45) is 0 Å². The van der Waals surface area contributed by atoms with Crippen molar-refractivity contribution in [3.05, 3.63) is 70.7 Å². The van der Waals surface area contributed by atoms with Gasteiger partial charge in [-0.15, -0.1) is 23.1 Å². The van der Waals surface area contributed by atoms with Gasteiger partial charge in [0.15, 0.2) is 5.13 Å². The normalized spacial score (nSPS) is 10.6. The summed E-state index contributed by atoms with van der Waals surface area (Å²) in [5, 5.41) is 3.41. The number of carbonyl (C=O) groups excluding carboxylic acids is 1. The maximum Gasteiger partial charge on any atom is 0.230 e. The number of amides is 1. The highest BCUT2D eigenvalue weighted by Crippen LogP contribution is 2.33. The number of rotatable bonds is 5. The fraction of sp³-hybridized carbons (Fsp3) is 0.111. The number of hydrogen-bond donors (Lipinski definition) is 0. The average Bonchev–Trinajstić information content (AvgIpc) is 3.03. The van der Waals surface area contributed by atoms with Crippen molar-refractivity contribution in [3.8, 4) is 0 Å². The molecule has 1 aromatic heterocycles. The highest BCUT2D eigenvalue weighted by molar-refractivity contribution is 7.98. The molecule has 0 aliphatic rings. The quantitative estimate of drug-likeness (QED) is 0.531. The molecule has 0 bridgehead atoms. The highest BCUT2D eigenvalue weighted by atomic mass is 35.5. The molecule has 0 saturated heterocycles. The minimum atomic E-state index is -0.0548. The van der Waals surface area contributed by atoms with Crippen LogP contribution in [0.1, 0.15) is 12.6 Å². The molecule has 0 aliphatic carbocycles. The number of thiazole rings is 1. The Hall–Kier alpha value is -1.82. The molecule has 6 heteroatoms. The van der Waals surface area contributed by atoms with E-state index in [2.05, 4.69) is 4.98 Å². The Kier molecular flexibility index (Phi) is 5.56. The Morgan fingerprint density at radius 1 is 1.17 bits per heavy atom. The van der Waals surface area contributed by atoms with E-state index in [1.54, 1.807) is 23.6 Å². The Bertz CT molecular complexity index is 836. The molecule has 24 heavy (non-hydrogen) atoms. The third-order valence-corrected chi connectivity index (χ3v) is 5.70. The van der Waals surface area contributed by atoms with E-state index in [0.29, 0.717) is 10.9 Å². The van der Waals surface area contributed by atoms with Crippen LogP contribution in [0, 0.1) is 0 Å². The Morgan fingerprint density at radius 3 is 2.58 bits per heavy atom. The molecule has 0 atom stereocenters. The van der Waals surface area contributed by atoms with Crippen LogP contribution in [0.5, 0.6) is 0 Å². The number of hydrogen-bond acceptors (Lipinski definition) is 4. The van der Waals surface area contributed by atoms with E-state index >= 15 is 0 Å². The molecular formula is C18H15ClN2OS2. The van der Waals surface area contributed by atoms with E-state index in [1.165, 1.54) is 11.3 Å². The average molecular weight is 375 g/mol. The minimum absolute atomic E-state index is 0.0548. The second kappa shape index (κ2) is 7.83. The van der Waals surface area contributed by atoms with Gasteiger partial charge < -0.3 is 0 Å². The van der Waals surface area contributed by atoms with Crippen molar-refractivity contribution < 1.29 is 4.79 Å². The fourth-order valence-corrected chi connectivity index (χ4v) is 4.31. The van der Waals surface area contributed by atoms with E-state index in [1.807, 2.05) is 60.0 Å². The molecule has 122 valence electrons. The van der Waals surface area contributed by atoms with E-state index < -0.39 is 0 Å². The maximum atomic E-state index is 12.0. The molecule has 3 rings (SSSR count). The Labute approximate surface area is 154 Å². The minimum Gasteiger partial charge on any atom is -0.274 e. The highest BCUT2D eigenvalue weighted by Gasteiger charge is 2.17. The van der Waals surface area contributed by atoms with Gasteiger partial charge >= 0.3 is 0 Å². The van der Waals surface area contributed by atoms with Crippen molar-refractivity contribution in [2.75, 3.05) is 4.90 Å². The Balaban J connectivity index is 1.77. The molecule has 1 heterocycles. The van der Waals surface area contributed by atoms with Gasteiger partial charge in [0, 0.05) is 23.0 Å². The van der Waals surface area contributed by atoms with Gasteiger partial charge in [-0.25, -0.2) is 4.98 Å². The van der Waals surface area contributed by atoms with Crippen molar-refractivity contribution in [1.29, 1.82) is 0 Å². The van der Waals surface area contributed by atoms with Crippen LogP contribution in [0.25, 0.3) is 0 Å². The zero-order valence-corrected chi connectivity index (χ0v) is 15.4. The predicted molar refractivity (Wildman–Crippen MR) is 102 cm³/mol. The van der Waals surface area contributed by atoms with Crippen LogP contribution < -0.4 is 4.90 Å². The van der Waals surface area contributed by atoms with Gasteiger partial charge in [0.05, 0.1) is 16.4 Å². The smallest absolute Gasteiger partial charge is 0.230 e. The lowest BCUT2D eigenvalue weighted by Crippen LogP contribution is -2.22. The molecule has 1 amide bonds. The molecule has 0 fully saturated rings. The summed E-state index contributed by atoms with van der Waals surface area (Å²) < 4.78 is 0. The summed E-state index contributed by atoms with van der Waals surface area (Å²) >= 11 is 9.28. The number of nitrogens with zero attached hydrogens (tertiary/aromatic N) is 2. The van der Waals surface area contributed by atoms with Crippen LogP contribution >= 0.6 is 34.7 Å². The van der Waals surface area contributed by atoms with Crippen LogP contribution in [0.15, 0.2) is 64.9 Å². The topological polar surface area (TPSA) is 33.2 Å². The molecule has 0 spiro atoms. The third kappa shape index (κ3) is 3.98. The van der Waals surface area contributed by atoms with E-state index in [-0.39, 0.29) is 5.91 Å². The fourth-order valence-electron chi connectivity index (χ4n) is 2.18. The first-order chi connectivity index (χ1) is 11.6. The van der Waals surface area contributed by atoms with Crippen molar-refractivity contribution in [1.82, 2.24) is 4.98 Å². The van der Waals surface area contributed by atoms with Gasteiger partial charge in [-0.05, 0) is 24.3 Å². The predicted octanol–water partition coefficient (Wildman–Crippen LogP) is 5.77.